The van der Waals surface area contributed by atoms with Gasteiger partial charge in [0.15, 0.2) is 0 Å². The Balaban J connectivity index is 2.88. The van der Waals surface area contributed by atoms with Crippen LogP contribution in [0.2, 0.25) is 0 Å². The zero-order valence-electron chi connectivity index (χ0n) is 19.0. The predicted octanol–water partition coefficient (Wildman–Crippen LogP) is -0.963. The van der Waals surface area contributed by atoms with Gasteiger partial charge in [0.25, 0.3) is 0 Å². The van der Waals surface area contributed by atoms with Crippen LogP contribution in [0.5, 0.6) is 0 Å². The molecule has 0 unspecified atom stereocenters. The summed E-state index contributed by atoms with van der Waals surface area (Å²) in [7, 11) is 0. The van der Waals surface area contributed by atoms with Gasteiger partial charge in [-0.25, -0.2) is 4.79 Å². The van der Waals surface area contributed by atoms with Gasteiger partial charge in [0.05, 0.1) is 6.04 Å². The number of nitrogens with two attached hydrogens (primary N) is 2. The zero-order valence-corrected chi connectivity index (χ0v) is 19.0. The van der Waals surface area contributed by atoms with E-state index in [-0.39, 0.29) is 25.2 Å². The summed E-state index contributed by atoms with van der Waals surface area (Å²) in [5.41, 5.74) is 11.6. The predicted molar refractivity (Wildman–Crippen MR) is 120 cm³/mol. The fourth-order valence-electron chi connectivity index (χ4n) is 2.85. The molecule has 0 radical (unpaired) electrons. The first-order valence-electron chi connectivity index (χ1n) is 10.6. The molecule has 182 valence electrons. The first-order chi connectivity index (χ1) is 15.4. The number of carboxylic acids is 1. The van der Waals surface area contributed by atoms with Gasteiger partial charge in [-0.2, -0.15) is 0 Å². The second kappa shape index (κ2) is 13.2. The van der Waals surface area contributed by atoms with Gasteiger partial charge in [-0.15, -0.1) is 0 Å². The van der Waals surface area contributed by atoms with Crippen LogP contribution in [0, 0.1) is 5.92 Å². The Bertz CT molecular complexity index is 845. The molecule has 4 amide bonds. The minimum Gasteiger partial charge on any atom is -0.480 e. The Morgan fingerprint density at radius 1 is 0.879 bits per heavy atom. The van der Waals surface area contributed by atoms with E-state index in [1.54, 1.807) is 44.2 Å². The normalized spacial score (nSPS) is 14.5. The number of nitrogens with one attached hydrogen (secondary N) is 3. The molecule has 0 aromatic heterocycles. The summed E-state index contributed by atoms with van der Waals surface area (Å²) in [6, 6.07) is 4.38. The average molecular weight is 464 g/mol. The van der Waals surface area contributed by atoms with E-state index in [1.165, 1.54) is 6.92 Å². The maximum absolute atomic E-state index is 12.8. The van der Waals surface area contributed by atoms with Crippen molar-refractivity contribution in [3.63, 3.8) is 0 Å². The molecule has 0 bridgehead atoms. The van der Waals surface area contributed by atoms with Crippen LogP contribution in [0.25, 0.3) is 0 Å². The van der Waals surface area contributed by atoms with Crippen molar-refractivity contribution in [2.75, 3.05) is 0 Å². The first kappa shape index (κ1) is 27.6. The minimum absolute atomic E-state index is 0.0257. The fraction of sp³-hybridized carbons (Fsp3) is 0.500. The van der Waals surface area contributed by atoms with Crippen LogP contribution in [-0.4, -0.2) is 58.9 Å². The second-order valence-corrected chi connectivity index (χ2v) is 8.16. The maximum Gasteiger partial charge on any atom is 0.326 e. The van der Waals surface area contributed by atoms with Gasteiger partial charge in [0, 0.05) is 12.8 Å². The molecule has 0 aliphatic heterocycles. The molecule has 33 heavy (non-hydrogen) atoms. The molecule has 0 saturated carbocycles. The molecule has 1 rings (SSSR count). The lowest BCUT2D eigenvalue weighted by Gasteiger charge is -2.24. The van der Waals surface area contributed by atoms with Gasteiger partial charge in [-0.05, 0) is 24.8 Å². The third-order valence-corrected chi connectivity index (χ3v) is 4.98. The zero-order chi connectivity index (χ0) is 25.1. The van der Waals surface area contributed by atoms with Crippen molar-refractivity contribution in [3.8, 4) is 0 Å². The van der Waals surface area contributed by atoms with Crippen molar-refractivity contribution >= 4 is 29.6 Å². The van der Waals surface area contributed by atoms with Crippen molar-refractivity contribution in [3.05, 3.63) is 35.9 Å². The lowest BCUT2D eigenvalue weighted by molar-refractivity contribution is -0.142. The van der Waals surface area contributed by atoms with Gasteiger partial charge in [-0.1, -0.05) is 44.2 Å². The van der Waals surface area contributed by atoms with Crippen molar-refractivity contribution in [2.45, 2.75) is 64.2 Å². The van der Waals surface area contributed by atoms with Crippen LogP contribution >= 0.6 is 0 Å². The summed E-state index contributed by atoms with van der Waals surface area (Å²) in [4.78, 5) is 60.3. The average Bonchev–Trinajstić information content (AvgIpc) is 2.75. The van der Waals surface area contributed by atoms with Gasteiger partial charge in [-0.3, -0.25) is 19.2 Å². The van der Waals surface area contributed by atoms with E-state index < -0.39 is 53.8 Å². The Morgan fingerprint density at radius 2 is 1.45 bits per heavy atom. The van der Waals surface area contributed by atoms with E-state index in [9.17, 15) is 29.1 Å². The number of primary amides is 1. The summed E-state index contributed by atoms with van der Waals surface area (Å²) >= 11 is 0. The third-order valence-electron chi connectivity index (χ3n) is 4.98. The number of carbonyl (C=O) groups excluding carboxylic acids is 4. The number of benzene rings is 1. The number of hydrogen-bond donors (Lipinski definition) is 6. The van der Waals surface area contributed by atoms with E-state index in [0.29, 0.717) is 5.56 Å². The highest BCUT2D eigenvalue weighted by Crippen LogP contribution is 2.06. The summed E-state index contributed by atoms with van der Waals surface area (Å²) in [6.07, 6.45) is -0.331. The molecule has 0 saturated heterocycles. The van der Waals surface area contributed by atoms with E-state index in [1.807, 2.05) is 0 Å². The topological polar surface area (TPSA) is 194 Å². The standard InChI is InChI=1S/C22H33N5O6/c1-12(2)18(24)21(31)25-13(3)19(29)26-15(9-10-17(23)28)20(30)27-16(22(32)33)11-14-7-5-4-6-8-14/h4-8,12-13,15-16,18H,9-11,24H2,1-3H3,(H2,23,28)(H,25,31)(H,26,29)(H,27,30)(H,32,33)/t13-,15-,16-,18-/m0/s1. The quantitative estimate of drug-likeness (QED) is 0.217. The largest absolute Gasteiger partial charge is 0.480 e. The van der Waals surface area contributed by atoms with Crippen molar-refractivity contribution < 1.29 is 29.1 Å². The molecule has 0 aliphatic carbocycles. The smallest absolute Gasteiger partial charge is 0.326 e. The van der Waals surface area contributed by atoms with Crippen molar-refractivity contribution in [1.29, 1.82) is 0 Å². The van der Waals surface area contributed by atoms with Crippen LogP contribution in [0.1, 0.15) is 39.2 Å². The fourth-order valence-corrected chi connectivity index (χ4v) is 2.85. The van der Waals surface area contributed by atoms with Crippen LogP contribution in [0.4, 0.5) is 0 Å². The van der Waals surface area contributed by atoms with Crippen LogP contribution in [0.15, 0.2) is 30.3 Å². The maximum atomic E-state index is 12.8. The summed E-state index contributed by atoms with van der Waals surface area (Å²) < 4.78 is 0. The monoisotopic (exact) mass is 463 g/mol. The van der Waals surface area contributed by atoms with Crippen LogP contribution in [0.3, 0.4) is 0 Å². The van der Waals surface area contributed by atoms with Gasteiger partial charge in [0.1, 0.15) is 18.1 Å². The second-order valence-electron chi connectivity index (χ2n) is 8.16. The van der Waals surface area contributed by atoms with Crippen LogP contribution < -0.4 is 27.4 Å². The number of carboxylic acid groups (broad SMARTS) is 1. The molecule has 0 heterocycles. The molecule has 11 nitrogen and oxygen atoms in total. The Hall–Kier alpha value is -3.47. The molecule has 4 atom stereocenters. The Morgan fingerprint density at radius 3 is 1.97 bits per heavy atom. The van der Waals surface area contributed by atoms with Gasteiger partial charge >= 0.3 is 5.97 Å². The SMILES string of the molecule is CC(C)[C@H](N)C(=O)N[C@@H](C)C(=O)N[C@@H](CCC(N)=O)C(=O)N[C@@H](Cc1ccccc1)C(=O)O. The number of aliphatic carboxylic acids is 1. The molecule has 8 N–H and O–H groups in total. The molecule has 11 heteroatoms. The van der Waals surface area contributed by atoms with Crippen molar-refractivity contribution in [2.24, 2.45) is 17.4 Å². The third kappa shape index (κ3) is 9.69. The van der Waals surface area contributed by atoms with E-state index in [4.69, 9.17) is 11.5 Å². The Kier molecular flexibility index (Phi) is 11.0. The number of amides is 4. The molecular weight excluding hydrogens is 430 g/mol. The van der Waals surface area contributed by atoms with E-state index in [2.05, 4.69) is 16.0 Å². The molecule has 1 aromatic rings. The summed E-state index contributed by atoms with van der Waals surface area (Å²) in [5.74, 6) is -4.10. The highest BCUT2D eigenvalue weighted by molar-refractivity contribution is 5.94. The summed E-state index contributed by atoms with van der Waals surface area (Å²) in [5, 5.41) is 16.8. The van der Waals surface area contributed by atoms with Crippen molar-refractivity contribution in [1.82, 2.24) is 16.0 Å². The lowest BCUT2D eigenvalue weighted by Crippen LogP contribution is -2.57. The highest BCUT2D eigenvalue weighted by Gasteiger charge is 2.29. The first-order valence-corrected chi connectivity index (χ1v) is 10.6. The van der Waals surface area contributed by atoms with Crippen LogP contribution in [-0.2, 0) is 30.4 Å². The molecule has 0 aliphatic rings. The summed E-state index contributed by atoms with van der Waals surface area (Å²) in [6.45, 7) is 4.93. The Labute approximate surface area is 192 Å². The molecular formula is C22H33N5O6. The molecule has 0 fully saturated rings. The molecule has 1 aromatic carbocycles. The number of carbonyl (C=O) groups is 5. The van der Waals surface area contributed by atoms with E-state index in [0.717, 1.165) is 0 Å². The molecule has 0 spiro atoms. The lowest BCUT2D eigenvalue weighted by atomic mass is 10.0. The number of rotatable bonds is 13. The van der Waals surface area contributed by atoms with Gasteiger partial charge < -0.3 is 32.5 Å². The van der Waals surface area contributed by atoms with E-state index >= 15 is 0 Å². The number of hydrogen-bond acceptors (Lipinski definition) is 6. The minimum atomic E-state index is -1.26. The highest BCUT2D eigenvalue weighted by atomic mass is 16.4. The van der Waals surface area contributed by atoms with Gasteiger partial charge in [0.2, 0.25) is 23.6 Å².